The number of thiazole rings is 1. The van der Waals surface area contributed by atoms with Crippen LogP contribution in [-0.4, -0.2) is 16.5 Å². The number of halogens is 2. The molecule has 0 unspecified atom stereocenters. The third-order valence-electron chi connectivity index (χ3n) is 4.51. The third-order valence-corrected chi connectivity index (χ3v) is 5.49. The van der Waals surface area contributed by atoms with Gasteiger partial charge in [0.1, 0.15) is 5.82 Å². The van der Waals surface area contributed by atoms with Crippen LogP contribution in [0.3, 0.4) is 0 Å². The second-order valence-electron chi connectivity index (χ2n) is 6.61. The fourth-order valence-corrected chi connectivity index (χ4v) is 3.90. The zero-order valence-electron chi connectivity index (χ0n) is 15.8. The Morgan fingerprint density at radius 2 is 1.80 bits per heavy atom. The van der Waals surface area contributed by atoms with Crippen molar-refractivity contribution < 1.29 is 30.9 Å². The molecule has 30 heavy (non-hydrogen) atoms. The maximum Gasteiger partial charge on any atom is 0.270 e. The number of nitrogens with zero attached hydrogens (tertiary/aromatic N) is 3. The molecule has 2 aromatic carbocycles. The van der Waals surface area contributed by atoms with E-state index in [1.165, 1.54) is 35.1 Å². The lowest BCUT2D eigenvalue weighted by Gasteiger charge is -2.03. The number of nitro groups is 1. The number of benzene rings is 2. The summed E-state index contributed by atoms with van der Waals surface area (Å²) in [5, 5.41) is 14.9. The summed E-state index contributed by atoms with van der Waals surface area (Å²) >= 11 is 1.41. The van der Waals surface area contributed by atoms with Gasteiger partial charge in [0, 0.05) is 36.4 Å². The topological polar surface area (TPSA) is 71.9 Å². The van der Waals surface area contributed by atoms with Crippen molar-refractivity contribution in [3.8, 4) is 0 Å². The van der Waals surface area contributed by atoms with Crippen LogP contribution < -0.4 is 26.9 Å². The maximum atomic E-state index is 13.0. The molecule has 0 amide bonds. The largest absolute Gasteiger partial charge is 1.00 e. The molecular formula is C21H18BrFN4O2S. The Kier molecular flexibility index (Phi) is 7.07. The van der Waals surface area contributed by atoms with Gasteiger partial charge in [0.05, 0.1) is 15.1 Å². The van der Waals surface area contributed by atoms with Gasteiger partial charge in [-0.2, -0.15) is 0 Å². The quantitative estimate of drug-likeness (QED) is 0.242. The van der Waals surface area contributed by atoms with Gasteiger partial charge in [0.25, 0.3) is 5.69 Å². The van der Waals surface area contributed by atoms with E-state index in [1.54, 1.807) is 24.3 Å². The summed E-state index contributed by atoms with van der Waals surface area (Å²) in [7, 11) is 0. The molecule has 9 heteroatoms. The number of aromatic nitrogens is 2. The molecule has 1 N–H and O–H groups in total. The SMILES string of the molecule is O=[N+]([O-])c1ccc2nc(NCCc3cc[n+](Cc4ccc(F)cc4)cc3)sc2c1.[Br-]. The van der Waals surface area contributed by atoms with Crippen molar-refractivity contribution in [1.82, 2.24) is 4.98 Å². The van der Waals surface area contributed by atoms with Crippen LogP contribution in [0.5, 0.6) is 0 Å². The van der Waals surface area contributed by atoms with Crippen molar-refractivity contribution in [3.05, 3.63) is 94.0 Å². The van der Waals surface area contributed by atoms with Crippen LogP contribution in [0.25, 0.3) is 10.2 Å². The van der Waals surface area contributed by atoms with Crippen molar-refractivity contribution in [3.63, 3.8) is 0 Å². The first-order valence-electron chi connectivity index (χ1n) is 9.08. The number of hydrogen-bond donors (Lipinski definition) is 1. The average Bonchev–Trinajstić information content (AvgIpc) is 3.13. The van der Waals surface area contributed by atoms with Crippen LogP contribution in [0.1, 0.15) is 11.1 Å². The monoisotopic (exact) mass is 488 g/mol. The van der Waals surface area contributed by atoms with E-state index < -0.39 is 4.92 Å². The van der Waals surface area contributed by atoms with Crippen molar-refractivity contribution >= 4 is 32.4 Å². The number of rotatable bonds is 7. The average molecular weight is 489 g/mol. The zero-order valence-corrected chi connectivity index (χ0v) is 18.2. The Balaban J connectivity index is 0.00000256. The van der Waals surface area contributed by atoms with Gasteiger partial charge in [-0.25, -0.2) is 13.9 Å². The van der Waals surface area contributed by atoms with Crippen LogP contribution in [0.4, 0.5) is 15.2 Å². The molecule has 0 fully saturated rings. The predicted octanol–water partition coefficient (Wildman–Crippen LogP) is 1.34. The van der Waals surface area contributed by atoms with Gasteiger partial charge in [-0.15, -0.1) is 0 Å². The van der Waals surface area contributed by atoms with Crippen molar-refractivity contribution in [1.29, 1.82) is 0 Å². The summed E-state index contributed by atoms with van der Waals surface area (Å²) in [6.07, 6.45) is 4.85. The van der Waals surface area contributed by atoms with Gasteiger partial charge in [-0.3, -0.25) is 10.1 Å². The molecule has 154 valence electrons. The number of nitro benzene ring substituents is 1. The molecule has 0 saturated carbocycles. The lowest BCUT2D eigenvalue weighted by molar-refractivity contribution is -0.688. The molecular weight excluding hydrogens is 471 g/mol. The molecule has 0 spiro atoms. The van der Waals surface area contributed by atoms with E-state index >= 15 is 0 Å². The Labute approximate surface area is 186 Å². The van der Waals surface area contributed by atoms with Gasteiger partial charge in [-0.1, -0.05) is 11.3 Å². The summed E-state index contributed by atoms with van der Waals surface area (Å²) in [5.74, 6) is -0.229. The molecule has 0 aliphatic rings. The van der Waals surface area contributed by atoms with E-state index in [4.69, 9.17) is 0 Å². The number of pyridine rings is 1. The molecule has 2 heterocycles. The van der Waals surface area contributed by atoms with E-state index in [1.807, 2.05) is 17.0 Å². The Bertz CT molecular complexity index is 1150. The molecule has 2 aromatic heterocycles. The molecule has 4 rings (SSSR count). The van der Waals surface area contributed by atoms with Crippen LogP contribution in [0.15, 0.2) is 67.0 Å². The summed E-state index contributed by atoms with van der Waals surface area (Å²) < 4.78 is 15.8. The molecule has 0 saturated heterocycles. The number of hydrogen-bond acceptors (Lipinski definition) is 5. The van der Waals surface area contributed by atoms with Crippen LogP contribution >= 0.6 is 11.3 Å². The molecule has 0 bridgehead atoms. The minimum absolute atomic E-state index is 0. The van der Waals surface area contributed by atoms with E-state index in [0.29, 0.717) is 13.1 Å². The number of fused-ring (bicyclic) bond motifs is 1. The number of non-ortho nitro benzene ring substituents is 1. The van der Waals surface area contributed by atoms with Gasteiger partial charge in [-0.05, 0) is 42.3 Å². The standard InChI is InChI=1S/C21H18FN4O2S.BrH/c22-17-3-1-16(2-4-17)14-25-11-8-15(9-12-25)7-10-23-21-24-19-6-5-18(26(27)28)13-20(19)29-21;/h1-6,8-9,11-13H,7,10,14H2,(H,23,24);1H/q+1;/p-1. The molecule has 0 radical (unpaired) electrons. The van der Waals surface area contributed by atoms with E-state index in [2.05, 4.69) is 22.4 Å². The van der Waals surface area contributed by atoms with Crippen molar-refractivity contribution in [2.24, 2.45) is 0 Å². The Morgan fingerprint density at radius 3 is 2.50 bits per heavy atom. The second-order valence-corrected chi connectivity index (χ2v) is 7.64. The van der Waals surface area contributed by atoms with Gasteiger partial charge in [0.2, 0.25) is 0 Å². The highest BCUT2D eigenvalue weighted by Crippen LogP contribution is 2.29. The smallest absolute Gasteiger partial charge is 0.270 e. The molecule has 0 atom stereocenters. The van der Waals surface area contributed by atoms with Gasteiger partial charge < -0.3 is 22.3 Å². The molecule has 0 aliphatic heterocycles. The first-order valence-corrected chi connectivity index (χ1v) is 9.90. The third kappa shape index (κ3) is 5.37. The van der Waals surface area contributed by atoms with Gasteiger partial charge in [0.15, 0.2) is 24.1 Å². The highest BCUT2D eigenvalue weighted by atomic mass is 79.9. The lowest BCUT2D eigenvalue weighted by Crippen LogP contribution is -3.00. The number of anilines is 1. The first-order chi connectivity index (χ1) is 14.1. The van der Waals surface area contributed by atoms with E-state index in [9.17, 15) is 14.5 Å². The predicted molar refractivity (Wildman–Crippen MR) is 111 cm³/mol. The van der Waals surface area contributed by atoms with Crippen molar-refractivity contribution in [2.75, 3.05) is 11.9 Å². The van der Waals surface area contributed by atoms with Crippen LogP contribution in [-0.2, 0) is 13.0 Å². The lowest BCUT2D eigenvalue weighted by atomic mass is 10.2. The normalized spacial score (nSPS) is 10.6. The maximum absolute atomic E-state index is 13.0. The minimum Gasteiger partial charge on any atom is -1.00 e. The highest BCUT2D eigenvalue weighted by molar-refractivity contribution is 7.22. The van der Waals surface area contributed by atoms with Crippen LogP contribution in [0.2, 0.25) is 0 Å². The van der Waals surface area contributed by atoms with Gasteiger partial charge >= 0.3 is 0 Å². The summed E-state index contributed by atoms with van der Waals surface area (Å²) in [4.78, 5) is 14.9. The Morgan fingerprint density at radius 1 is 1.07 bits per heavy atom. The minimum atomic E-state index is -0.399. The van der Waals surface area contributed by atoms with E-state index in [0.717, 1.165) is 27.3 Å². The number of nitrogens with one attached hydrogen (secondary N) is 1. The highest BCUT2D eigenvalue weighted by Gasteiger charge is 2.10. The fourth-order valence-electron chi connectivity index (χ4n) is 2.98. The Hall–Kier alpha value is -2.91. The fraction of sp³-hybridized carbons (Fsp3) is 0.143. The summed E-state index contributed by atoms with van der Waals surface area (Å²) in [6.45, 7) is 1.40. The van der Waals surface area contributed by atoms with Crippen LogP contribution in [0, 0.1) is 15.9 Å². The van der Waals surface area contributed by atoms with Crippen molar-refractivity contribution in [2.45, 2.75) is 13.0 Å². The summed E-state index contributed by atoms with van der Waals surface area (Å²) in [6, 6.07) is 15.3. The zero-order chi connectivity index (χ0) is 20.2. The molecule has 6 nitrogen and oxygen atoms in total. The molecule has 4 aromatic rings. The molecule has 0 aliphatic carbocycles. The summed E-state index contributed by atoms with van der Waals surface area (Å²) in [5.41, 5.74) is 3.06. The second kappa shape index (κ2) is 9.73. The van der Waals surface area contributed by atoms with E-state index in [-0.39, 0.29) is 28.5 Å². The first kappa shape index (κ1) is 21.8.